The summed E-state index contributed by atoms with van der Waals surface area (Å²) in [5.41, 5.74) is 0.885. The first-order valence-electron chi connectivity index (χ1n) is 5.83. The summed E-state index contributed by atoms with van der Waals surface area (Å²) in [6.07, 6.45) is 3.74. The number of hydrogen-bond donors (Lipinski definition) is 1. The van der Waals surface area contributed by atoms with Crippen molar-refractivity contribution in [3.8, 4) is 6.07 Å². The summed E-state index contributed by atoms with van der Waals surface area (Å²) >= 11 is 0. The molecule has 2 aliphatic rings. The molecule has 0 aromatic carbocycles. The van der Waals surface area contributed by atoms with Crippen LogP contribution in [0.3, 0.4) is 0 Å². The highest BCUT2D eigenvalue weighted by molar-refractivity contribution is 5.51. The van der Waals surface area contributed by atoms with E-state index >= 15 is 0 Å². The van der Waals surface area contributed by atoms with Gasteiger partial charge in [-0.05, 0) is 25.5 Å². The van der Waals surface area contributed by atoms with E-state index < -0.39 is 5.95 Å². The van der Waals surface area contributed by atoms with Crippen LogP contribution >= 0.6 is 0 Å². The zero-order valence-corrected chi connectivity index (χ0v) is 9.36. The van der Waals surface area contributed by atoms with Gasteiger partial charge >= 0.3 is 0 Å². The van der Waals surface area contributed by atoms with Gasteiger partial charge in [0.15, 0.2) is 0 Å². The summed E-state index contributed by atoms with van der Waals surface area (Å²) in [5.74, 6) is -0.684. The zero-order chi connectivity index (χ0) is 11.8. The van der Waals surface area contributed by atoms with Gasteiger partial charge in [0, 0.05) is 18.6 Å². The molecule has 0 spiro atoms. The molecule has 2 fully saturated rings. The Balaban J connectivity index is 1.92. The minimum absolute atomic E-state index is 0.0249. The van der Waals surface area contributed by atoms with Gasteiger partial charge < -0.3 is 10.2 Å². The molecule has 0 aliphatic carbocycles. The number of aromatic nitrogens is 1. The molecule has 1 aromatic rings. The second-order valence-corrected chi connectivity index (χ2v) is 4.63. The Morgan fingerprint density at radius 1 is 1.59 bits per heavy atom. The van der Waals surface area contributed by atoms with Crippen molar-refractivity contribution in [1.82, 2.24) is 10.3 Å². The Morgan fingerprint density at radius 2 is 2.47 bits per heavy atom. The molecule has 2 atom stereocenters. The molecule has 2 saturated heterocycles. The predicted octanol–water partition coefficient (Wildman–Crippen LogP) is 1.03. The molecule has 2 bridgehead atoms. The highest BCUT2D eigenvalue weighted by Crippen LogP contribution is 2.30. The monoisotopic (exact) mass is 232 g/mol. The number of nitriles is 1. The highest BCUT2D eigenvalue weighted by atomic mass is 19.1. The molecular weight excluding hydrogens is 219 g/mol. The molecule has 5 heteroatoms. The summed E-state index contributed by atoms with van der Waals surface area (Å²) in [6, 6.07) is 4.46. The van der Waals surface area contributed by atoms with Gasteiger partial charge in [0.05, 0.1) is 11.9 Å². The lowest BCUT2D eigenvalue weighted by Crippen LogP contribution is -2.35. The molecule has 88 valence electrons. The maximum atomic E-state index is 13.2. The topological polar surface area (TPSA) is 52.0 Å². The maximum Gasteiger partial charge on any atom is 0.230 e. The number of hydrogen-bond acceptors (Lipinski definition) is 4. The number of rotatable bonds is 1. The molecular formula is C12H13FN4. The van der Waals surface area contributed by atoms with Gasteiger partial charge in [-0.1, -0.05) is 0 Å². The number of nitrogens with zero attached hydrogens (tertiary/aromatic N) is 3. The summed E-state index contributed by atoms with van der Waals surface area (Å²) in [4.78, 5) is 5.89. The quantitative estimate of drug-likeness (QED) is 0.735. The molecule has 3 rings (SSSR count). The number of fused-ring (bicyclic) bond motifs is 2. The van der Waals surface area contributed by atoms with Crippen LogP contribution < -0.4 is 10.2 Å². The molecule has 2 aliphatic heterocycles. The van der Waals surface area contributed by atoms with E-state index in [1.807, 2.05) is 6.07 Å². The van der Waals surface area contributed by atoms with Crippen LogP contribution in [-0.2, 0) is 0 Å². The molecule has 0 radical (unpaired) electrons. The van der Waals surface area contributed by atoms with Crippen LogP contribution in [0.15, 0.2) is 12.3 Å². The van der Waals surface area contributed by atoms with E-state index in [9.17, 15) is 4.39 Å². The third-order valence-electron chi connectivity index (χ3n) is 3.60. The summed E-state index contributed by atoms with van der Waals surface area (Å²) in [5, 5.41) is 12.3. The van der Waals surface area contributed by atoms with E-state index in [2.05, 4.69) is 15.2 Å². The lowest BCUT2D eigenvalue weighted by atomic mass is 10.1. The third-order valence-corrected chi connectivity index (χ3v) is 3.60. The summed E-state index contributed by atoms with van der Waals surface area (Å²) < 4.78 is 13.2. The van der Waals surface area contributed by atoms with Gasteiger partial charge in [-0.25, -0.2) is 4.98 Å². The van der Waals surface area contributed by atoms with Gasteiger partial charge in [-0.15, -0.1) is 0 Å². The number of piperidine rings is 1. The van der Waals surface area contributed by atoms with Gasteiger partial charge in [0.25, 0.3) is 0 Å². The van der Waals surface area contributed by atoms with Crippen LogP contribution in [0.2, 0.25) is 0 Å². The van der Waals surface area contributed by atoms with Crippen LogP contribution in [0.1, 0.15) is 18.4 Å². The maximum absolute atomic E-state index is 13.2. The number of anilines is 1. The van der Waals surface area contributed by atoms with E-state index in [0.29, 0.717) is 12.1 Å². The van der Waals surface area contributed by atoms with Crippen molar-refractivity contribution in [3.63, 3.8) is 0 Å². The Bertz CT molecular complexity index is 482. The number of nitrogens with one attached hydrogen (secondary N) is 1. The second kappa shape index (κ2) is 3.97. The SMILES string of the molecule is N#Cc1cc(N2C[C@@H]3C[C@H]2CCN3)cnc1F. The second-order valence-electron chi connectivity index (χ2n) is 4.63. The van der Waals surface area contributed by atoms with Crippen molar-refractivity contribution < 1.29 is 4.39 Å². The zero-order valence-electron chi connectivity index (χ0n) is 9.36. The number of halogens is 1. The lowest BCUT2D eigenvalue weighted by molar-refractivity contribution is 0.449. The molecule has 1 N–H and O–H groups in total. The minimum atomic E-state index is -0.684. The fourth-order valence-electron chi connectivity index (χ4n) is 2.78. The van der Waals surface area contributed by atoms with Gasteiger partial charge in [-0.3, -0.25) is 0 Å². The molecule has 0 saturated carbocycles. The van der Waals surface area contributed by atoms with Crippen molar-refractivity contribution in [2.75, 3.05) is 18.0 Å². The number of pyridine rings is 1. The van der Waals surface area contributed by atoms with E-state index in [0.717, 1.165) is 31.6 Å². The predicted molar refractivity (Wildman–Crippen MR) is 61.1 cm³/mol. The first kappa shape index (κ1) is 10.5. The van der Waals surface area contributed by atoms with E-state index in [4.69, 9.17) is 5.26 Å². The average molecular weight is 232 g/mol. The molecule has 0 unspecified atom stereocenters. The molecule has 4 nitrogen and oxygen atoms in total. The first-order valence-corrected chi connectivity index (χ1v) is 5.83. The molecule has 3 heterocycles. The first-order chi connectivity index (χ1) is 8.28. The third kappa shape index (κ3) is 1.75. The standard InChI is InChI=1S/C12H13FN4/c13-12-8(5-14)3-11(6-16-12)17-7-9-4-10(17)1-2-15-9/h3,6,9-10,15H,1-2,4,7H2/t9-,10+/m0/s1. The van der Waals surface area contributed by atoms with Crippen LogP contribution in [0.4, 0.5) is 10.1 Å². The van der Waals surface area contributed by atoms with E-state index in [1.165, 1.54) is 6.20 Å². The Kier molecular flexibility index (Phi) is 2.45. The van der Waals surface area contributed by atoms with Crippen molar-refractivity contribution in [2.24, 2.45) is 0 Å². The van der Waals surface area contributed by atoms with Crippen molar-refractivity contribution >= 4 is 5.69 Å². The average Bonchev–Trinajstić information content (AvgIpc) is 2.65. The van der Waals surface area contributed by atoms with Crippen LogP contribution in [0.5, 0.6) is 0 Å². The van der Waals surface area contributed by atoms with Crippen LogP contribution in [-0.4, -0.2) is 30.2 Å². The summed E-state index contributed by atoms with van der Waals surface area (Å²) in [7, 11) is 0. The van der Waals surface area contributed by atoms with Gasteiger partial charge in [0.1, 0.15) is 11.6 Å². The molecule has 0 amide bonds. The van der Waals surface area contributed by atoms with E-state index in [-0.39, 0.29) is 5.56 Å². The Morgan fingerprint density at radius 3 is 3.24 bits per heavy atom. The van der Waals surface area contributed by atoms with Crippen molar-refractivity contribution in [3.05, 3.63) is 23.8 Å². The highest BCUT2D eigenvalue weighted by Gasteiger charge is 2.35. The fourth-order valence-corrected chi connectivity index (χ4v) is 2.78. The molecule has 17 heavy (non-hydrogen) atoms. The van der Waals surface area contributed by atoms with E-state index in [1.54, 1.807) is 6.07 Å². The van der Waals surface area contributed by atoms with Crippen LogP contribution in [0, 0.1) is 17.3 Å². The molecule has 1 aromatic heterocycles. The Labute approximate surface area is 99.1 Å². The largest absolute Gasteiger partial charge is 0.366 e. The smallest absolute Gasteiger partial charge is 0.230 e. The fraction of sp³-hybridized carbons (Fsp3) is 0.500. The van der Waals surface area contributed by atoms with Crippen molar-refractivity contribution in [2.45, 2.75) is 24.9 Å². The van der Waals surface area contributed by atoms with Gasteiger partial charge in [0.2, 0.25) is 5.95 Å². The Hall–Kier alpha value is -1.67. The van der Waals surface area contributed by atoms with Crippen molar-refractivity contribution in [1.29, 1.82) is 5.26 Å². The lowest BCUT2D eigenvalue weighted by Gasteiger charge is -2.26. The summed E-state index contributed by atoms with van der Waals surface area (Å²) in [6.45, 7) is 1.95. The minimum Gasteiger partial charge on any atom is -0.366 e. The van der Waals surface area contributed by atoms with Crippen LogP contribution in [0.25, 0.3) is 0 Å². The van der Waals surface area contributed by atoms with Gasteiger partial charge in [-0.2, -0.15) is 9.65 Å². The normalized spacial score (nSPS) is 26.9.